The van der Waals surface area contributed by atoms with E-state index in [2.05, 4.69) is 5.32 Å². The summed E-state index contributed by atoms with van der Waals surface area (Å²) in [5, 5.41) is 12.7. The van der Waals surface area contributed by atoms with Crippen molar-refractivity contribution in [1.29, 1.82) is 0 Å². The third-order valence-electron chi connectivity index (χ3n) is 4.18. The molecule has 2 aromatic carbocycles. The fourth-order valence-corrected chi connectivity index (χ4v) is 3.64. The molecule has 1 aliphatic heterocycles. The molecule has 1 saturated heterocycles. The van der Waals surface area contributed by atoms with Gasteiger partial charge in [-0.05, 0) is 40.8 Å². The smallest absolute Gasteiger partial charge is 0.263 e. The lowest BCUT2D eigenvalue weighted by Crippen LogP contribution is -2.17. The molecule has 0 aromatic heterocycles. The maximum Gasteiger partial charge on any atom is 0.263 e. The van der Waals surface area contributed by atoms with Crippen molar-refractivity contribution in [3.63, 3.8) is 0 Å². The first-order valence-corrected chi connectivity index (χ1v) is 9.89. The summed E-state index contributed by atoms with van der Waals surface area (Å²) in [6, 6.07) is 15.4. The van der Waals surface area contributed by atoms with E-state index < -0.39 is 6.10 Å². The molecule has 1 amide bonds. The average Bonchev–Trinajstić information content (AvgIpc) is 2.98. The van der Waals surface area contributed by atoms with Gasteiger partial charge in [0.25, 0.3) is 5.91 Å². The van der Waals surface area contributed by atoms with E-state index in [1.54, 1.807) is 0 Å². The van der Waals surface area contributed by atoms with Gasteiger partial charge in [-0.25, -0.2) is 0 Å². The molecule has 27 heavy (non-hydrogen) atoms. The number of carbonyl (C=O) groups is 1. The normalized spacial score (nSPS) is 16.7. The van der Waals surface area contributed by atoms with Crippen molar-refractivity contribution in [3.8, 4) is 5.75 Å². The van der Waals surface area contributed by atoms with Crippen LogP contribution in [0.3, 0.4) is 0 Å². The van der Waals surface area contributed by atoms with Crippen LogP contribution in [-0.4, -0.2) is 15.3 Å². The second kappa shape index (κ2) is 8.69. The molecule has 0 saturated carbocycles. The maximum atomic E-state index is 11.7. The lowest BCUT2D eigenvalue weighted by molar-refractivity contribution is -0.115. The van der Waals surface area contributed by atoms with Crippen LogP contribution in [0.15, 0.2) is 53.4 Å². The minimum Gasteiger partial charge on any atom is -0.489 e. The number of nitrogens with one attached hydrogen (secondary N) is 1. The van der Waals surface area contributed by atoms with E-state index in [9.17, 15) is 9.90 Å². The molecule has 1 unspecified atom stereocenters. The zero-order chi connectivity index (χ0) is 19.4. The van der Waals surface area contributed by atoms with Crippen molar-refractivity contribution in [2.45, 2.75) is 26.6 Å². The van der Waals surface area contributed by atoms with Gasteiger partial charge in [0.1, 0.15) is 16.7 Å². The van der Waals surface area contributed by atoms with Crippen LogP contribution < -0.4 is 10.1 Å². The van der Waals surface area contributed by atoms with Crippen molar-refractivity contribution in [1.82, 2.24) is 5.32 Å². The molecule has 2 aromatic rings. The topological polar surface area (TPSA) is 58.6 Å². The van der Waals surface area contributed by atoms with Crippen LogP contribution in [0, 0.1) is 5.92 Å². The number of ether oxygens (including phenoxy) is 1. The highest BCUT2D eigenvalue weighted by molar-refractivity contribution is 8.26. The molecule has 1 atom stereocenters. The third-order valence-corrected chi connectivity index (χ3v) is 5.34. The van der Waals surface area contributed by atoms with Gasteiger partial charge in [0, 0.05) is 0 Å². The number of thioether (sulfide) groups is 1. The Balaban J connectivity index is 1.58. The van der Waals surface area contributed by atoms with Crippen LogP contribution >= 0.6 is 24.0 Å². The Kier molecular flexibility index (Phi) is 6.31. The highest BCUT2D eigenvalue weighted by Gasteiger charge is 2.21. The fraction of sp³-hybridized carbons (Fsp3) is 0.238. The first kappa shape index (κ1) is 19.6. The number of benzene rings is 2. The molecular weight excluding hydrogens is 378 g/mol. The molecule has 0 radical (unpaired) electrons. The van der Waals surface area contributed by atoms with E-state index in [1.165, 1.54) is 11.8 Å². The monoisotopic (exact) mass is 399 g/mol. The SMILES string of the molecule is CC(C)C(O)c1ccc(COc2ccc(C=C3SC(=S)NC3=O)cc2)cc1. The second-order valence-electron chi connectivity index (χ2n) is 6.64. The van der Waals surface area contributed by atoms with Gasteiger partial charge in [0.05, 0.1) is 11.0 Å². The van der Waals surface area contributed by atoms with Gasteiger partial charge in [-0.2, -0.15) is 0 Å². The Morgan fingerprint density at radius 2 is 1.81 bits per heavy atom. The Morgan fingerprint density at radius 1 is 1.15 bits per heavy atom. The number of hydrogen-bond donors (Lipinski definition) is 2. The molecule has 2 N–H and O–H groups in total. The molecule has 4 nitrogen and oxygen atoms in total. The summed E-state index contributed by atoms with van der Waals surface area (Å²) in [5.74, 6) is 0.781. The Bertz CT molecular complexity index is 858. The largest absolute Gasteiger partial charge is 0.489 e. The maximum absolute atomic E-state index is 11.7. The Hall–Kier alpha value is -2.15. The van der Waals surface area contributed by atoms with E-state index in [0.717, 1.165) is 22.4 Å². The van der Waals surface area contributed by atoms with Gasteiger partial charge in [-0.1, -0.05) is 74.2 Å². The first-order valence-electron chi connectivity index (χ1n) is 8.67. The molecule has 0 spiro atoms. The van der Waals surface area contributed by atoms with E-state index >= 15 is 0 Å². The predicted octanol–water partition coefficient (Wildman–Crippen LogP) is 4.44. The zero-order valence-corrected chi connectivity index (χ0v) is 16.8. The fourth-order valence-electron chi connectivity index (χ4n) is 2.60. The number of thiocarbonyl (C=S) groups is 1. The molecule has 1 aliphatic rings. The Labute approximate surface area is 168 Å². The highest BCUT2D eigenvalue weighted by atomic mass is 32.2. The zero-order valence-electron chi connectivity index (χ0n) is 15.1. The van der Waals surface area contributed by atoms with Gasteiger partial charge in [-0.3, -0.25) is 4.79 Å². The summed E-state index contributed by atoms with van der Waals surface area (Å²) in [6.45, 7) is 4.44. The minimum absolute atomic E-state index is 0.156. The van der Waals surface area contributed by atoms with Crippen LogP contribution in [-0.2, 0) is 11.4 Å². The summed E-state index contributed by atoms with van der Waals surface area (Å²) in [4.78, 5) is 12.3. The van der Waals surface area contributed by atoms with Gasteiger partial charge in [0.2, 0.25) is 0 Å². The standard InChI is InChI=1S/C21H21NO3S2/c1-13(2)19(23)16-7-3-15(4-8-16)12-25-17-9-5-14(6-10-17)11-18-20(24)22-21(26)27-18/h3-11,13,19,23H,12H2,1-2H3,(H,22,24,26). The quantitative estimate of drug-likeness (QED) is 0.555. The third kappa shape index (κ3) is 5.19. The van der Waals surface area contributed by atoms with E-state index in [1.807, 2.05) is 68.5 Å². The van der Waals surface area contributed by atoms with Gasteiger partial charge in [0.15, 0.2) is 0 Å². The van der Waals surface area contributed by atoms with Crippen molar-refractivity contribution in [3.05, 3.63) is 70.1 Å². The summed E-state index contributed by atoms with van der Waals surface area (Å²) in [5.41, 5.74) is 2.87. The van der Waals surface area contributed by atoms with Crippen LogP contribution in [0.25, 0.3) is 6.08 Å². The lowest BCUT2D eigenvalue weighted by atomic mass is 9.98. The first-order chi connectivity index (χ1) is 12.9. The molecule has 1 fully saturated rings. The lowest BCUT2D eigenvalue weighted by Gasteiger charge is -2.15. The van der Waals surface area contributed by atoms with Crippen molar-refractivity contribution in [2.24, 2.45) is 5.92 Å². The summed E-state index contributed by atoms with van der Waals surface area (Å²) >= 11 is 6.25. The van der Waals surface area contributed by atoms with Crippen LogP contribution in [0.4, 0.5) is 0 Å². The summed E-state index contributed by atoms with van der Waals surface area (Å²) < 4.78 is 6.30. The number of amides is 1. The summed E-state index contributed by atoms with van der Waals surface area (Å²) in [6.07, 6.45) is 1.36. The van der Waals surface area contributed by atoms with Crippen LogP contribution in [0.2, 0.25) is 0 Å². The van der Waals surface area contributed by atoms with Gasteiger partial charge < -0.3 is 15.2 Å². The molecule has 6 heteroatoms. The van der Waals surface area contributed by atoms with Crippen molar-refractivity contribution in [2.75, 3.05) is 0 Å². The van der Waals surface area contributed by atoms with E-state index in [0.29, 0.717) is 15.8 Å². The van der Waals surface area contributed by atoms with E-state index in [-0.39, 0.29) is 11.8 Å². The Morgan fingerprint density at radius 3 is 2.37 bits per heavy atom. The molecule has 3 rings (SSSR count). The molecule has 1 heterocycles. The van der Waals surface area contributed by atoms with E-state index in [4.69, 9.17) is 17.0 Å². The van der Waals surface area contributed by atoms with Gasteiger partial charge in [-0.15, -0.1) is 0 Å². The van der Waals surface area contributed by atoms with Crippen LogP contribution in [0.5, 0.6) is 5.75 Å². The number of rotatable bonds is 6. The highest BCUT2D eigenvalue weighted by Crippen LogP contribution is 2.26. The van der Waals surface area contributed by atoms with Crippen LogP contribution in [0.1, 0.15) is 36.6 Å². The van der Waals surface area contributed by atoms with Gasteiger partial charge >= 0.3 is 0 Å². The van der Waals surface area contributed by atoms with Crippen molar-refractivity contribution < 1.29 is 14.6 Å². The molecular formula is C21H21NO3S2. The van der Waals surface area contributed by atoms with Crippen molar-refractivity contribution >= 4 is 40.3 Å². The predicted molar refractivity (Wildman–Crippen MR) is 113 cm³/mol. The minimum atomic E-state index is -0.448. The summed E-state index contributed by atoms with van der Waals surface area (Å²) in [7, 11) is 0. The molecule has 0 bridgehead atoms. The number of aliphatic hydroxyl groups excluding tert-OH is 1. The average molecular weight is 400 g/mol. The molecule has 0 aliphatic carbocycles. The molecule has 140 valence electrons. The number of hydrogen-bond acceptors (Lipinski definition) is 5. The number of carbonyl (C=O) groups excluding carboxylic acids is 1. The second-order valence-corrected chi connectivity index (χ2v) is 8.36. The number of aliphatic hydroxyl groups is 1.